The van der Waals surface area contributed by atoms with Crippen molar-refractivity contribution in [3.05, 3.63) is 29.8 Å². The average molecular weight is 263 g/mol. The first-order chi connectivity index (χ1) is 9.29. The van der Waals surface area contributed by atoms with Crippen LogP contribution in [0.1, 0.15) is 24.8 Å². The number of rotatable bonds is 7. The molecule has 1 aromatic rings. The summed E-state index contributed by atoms with van der Waals surface area (Å²) in [5, 5.41) is 14.9. The van der Waals surface area contributed by atoms with Crippen LogP contribution in [0.25, 0.3) is 0 Å². The Morgan fingerprint density at radius 2 is 2.11 bits per heavy atom. The smallest absolute Gasteiger partial charge is 0.170 e. The van der Waals surface area contributed by atoms with Crippen LogP contribution in [-0.2, 0) is 0 Å². The molecule has 0 bridgehead atoms. The number of nitrogens with one attached hydrogen (secondary N) is 1. The zero-order valence-electron chi connectivity index (χ0n) is 11.0. The molecule has 0 unspecified atom stereocenters. The maximum absolute atomic E-state index is 8.55. The van der Waals surface area contributed by atoms with Crippen molar-refractivity contribution in [1.29, 1.82) is 0 Å². The number of nitrogens with two attached hydrogens (primary N) is 1. The van der Waals surface area contributed by atoms with Gasteiger partial charge in [0.15, 0.2) is 5.84 Å². The van der Waals surface area contributed by atoms with Gasteiger partial charge in [0.25, 0.3) is 0 Å². The van der Waals surface area contributed by atoms with Crippen LogP contribution in [0.2, 0.25) is 0 Å². The largest absolute Gasteiger partial charge is 0.492 e. The zero-order valence-corrected chi connectivity index (χ0v) is 11.0. The highest BCUT2D eigenvalue weighted by Crippen LogP contribution is 2.24. The second kappa shape index (κ2) is 6.99. The van der Waals surface area contributed by atoms with Crippen LogP contribution in [0.5, 0.6) is 5.75 Å². The summed E-state index contributed by atoms with van der Waals surface area (Å²) in [6.07, 6.45) is 4.11. The standard InChI is InChI=1S/C14H21N3O2/c15-14(17-18)12-4-6-13(7-5-12)19-9-8-16-10-11-2-1-3-11/h4-7,11,16,18H,1-3,8-10H2,(H2,15,17). The van der Waals surface area contributed by atoms with Gasteiger partial charge in [-0.3, -0.25) is 0 Å². The lowest BCUT2D eigenvalue weighted by Gasteiger charge is -2.25. The molecule has 5 nitrogen and oxygen atoms in total. The third-order valence-electron chi connectivity index (χ3n) is 3.46. The van der Waals surface area contributed by atoms with Gasteiger partial charge in [0, 0.05) is 12.1 Å². The highest BCUT2D eigenvalue weighted by Gasteiger charge is 2.15. The van der Waals surface area contributed by atoms with Crippen molar-refractivity contribution in [3.63, 3.8) is 0 Å². The predicted octanol–water partition coefficient (Wildman–Crippen LogP) is 1.55. The minimum Gasteiger partial charge on any atom is -0.492 e. The Kier molecular flexibility index (Phi) is 5.03. The van der Waals surface area contributed by atoms with Gasteiger partial charge >= 0.3 is 0 Å². The van der Waals surface area contributed by atoms with Crippen LogP contribution in [0, 0.1) is 5.92 Å². The maximum atomic E-state index is 8.55. The van der Waals surface area contributed by atoms with Gasteiger partial charge in [-0.15, -0.1) is 0 Å². The minimum absolute atomic E-state index is 0.105. The molecule has 1 aliphatic carbocycles. The Morgan fingerprint density at radius 3 is 2.68 bits per heavy atom. The molecule has 0 amide bonds. The lowest BCUT2D eigenvalue weighted by molar-refractivity contribution is 0.276. The Hall–Kier alpha value is -1.75. The second-order valence-corrected chi connectivity index (χ2v) is 4.86. The van der Waals surface area contributed by atoms with Gasteiger partial charge in [0.05, 0.1) is 0 Å². The van der Waals surface area contributed by atoms with E-state index in [2.05, 4.69) is 10.5 Å². The number of hydrogen-bond acceptors (Lipinski definition) is 4. The van der Waals surface area contributed by atoms with Gasteiger partial charge in [-0.25, -0.2) is 0 Å². The summed E-state index contributed by atoms with van der Waals surface area (Å²) in [6, 6.07) is 7.18. The maximum Gasteiger partial charge on any atom is 0.170 e. The van der Waals surface area contributed by atoms with E-state index in [1.807, 2.05) is 12.1 Å². The predicted molar refractivity (Wildman–Crippen MR) is 74.7 cm³/mol. The number of ether oxygens (including phenoxy) is 1. The molecule has 104 valence electrons. The van der Waals surface area contributed by atoms with E-state index in [-0.39, 0.29) is 5.84 Å². The van der Waals surface area contributed by atoms with Crippen LogP contribution in [0.3, 0.4) is 0 Å². The fourth-order valence-electron chi connectivity index (χ4n) is 2.02. The van der Waals surface area contributed by atoms with Crippen molar-refractivity contribution in [2.75, 3.05) is 19.7 Å². The molecule has 1 fully saturated rings. The van der Waals surface area contributed by atoms with Gasteiger partial charge in [0.2, 0.25) is 0 Å². The van der Waals surface area contributed by atoms with Crippen molar-refractivity contribution >= 4 is 5.84 Å². The molecule has 19 heavy (non-hydrogen) atoms. The quantitative estimate of drug-likeness (QED) is 0.229. The van der Waals surface area contributed by atoms with Crippen molar-refractivity contribution in [2.24, 2.45) is 16.8 Å². The number of hydrogen-bond donors (Lipinski definition) is 3. The van der Waals surface area contributed by atoms with Crippen molar-refractivity contribution in [2.45, 2.75) is 19.3 Å². The van der Waals surface area contributed by atoms with Crippen LogP contribution < -0.4 is 15.8 Å². The van der Waals surface area contributed by atoms with E-state index >= 15 is 0 Å². The molecular weight excluding hydrogens is 242 g/mol. The molecule has 0 radical (unpaired) electrons. The van der Waals surface area contributed by atoms with Gasteiger partial charge in [-0.05, 0) is 49.6 Å². The van der Waals surface area contributed by atoms with Crippen LogP contribution in [0.4, 0.5) is 0 Å². The Balaban J connectivity index is 1.65. The van der Waals surface area contributed by atoms with Gasteiger partial charge in [-0.1, -0.05) is 11.6 Å². The summed E-state index contributed by atoms with van der Waals surface area (Å²) in [5.74, 6) is 1.77. The van der Waals surface area contributed by atoms with Crippen LogP contribution >= 0.6 is 0 Å². The number of amidine groups is 1. The SMILES string of the molecule is NC(=NO)c1ccc(OCCNCC2CCC2)cc1. The molecule has 0 atom stereocenters. The third kappa shape index (κ3) is 4.13. The van der Waals surface area contributed by atoms with E-state index in [1.165, 1.54) is 19.3 Å². The molecule has 1 aliphatic rings. The molecule has 2 rings (SSSR count). The molecule has 1 aromatic carbocycles. The summed E-state index contributed by atoms with van der Waals surface area (Å²) in [6.45, 7) is 2.61. The molecule has 0 saturated heterocycles. The topological polar surface area (TPSA) is 79.9 Å². The third-order valence-corrected chi connectivity index (χ3v) is 3.46. The monoisotopic (exact) mass is 263 g/mol. The summed E-state index contributed by atoms with van der Waals surface area (Å²) in [7, 11) is 0. The first kappa shape index (κ1) is 13.7. The first-order valence-corrected chi connectivity index (χ1v) is 6.71. The Bertz CT molecular complexity index is 413. The first-order valence-electron chi connectivity index (χ1n) is 6.71. The number of benzene rings is 1. The van der Waals surface area contributed by atoms with E-state index in [9.17, 15) is 0 Å². The van der Waals surface area contributed by atoms with Crippen molar-refractivity contribution in [1.82, 2.24) is 5.32 Å². The van der Waals surface area contributed by atoms with Gasteiger partial charge in [0.1, 0.15) is 12.4 Å². The van der Waals surface area contributed by atoms with Crippen molar-refractivity contribution in [3.8, 4) is 5.75 Å². The second-order valence-electron chi connectivity index (χ2n) is 4.86. The van der Waals surface area contributed by atoms with E-state index in [0.29, 0.717) is 12.2 Å². The summed E-state index contributed by atoms with van der Waals surface area (Å²) >= 11 is 0. The van der Waals surface area contributed by atoms with E-state index in [4.69, 9.17) is 15.7 Å². The Labute approximate surface area is 113 Å². The minimum atomic E-state index is 0.105. The Morgan fingerprint density at radius 1 is 1.37 bits per heavy atom. The molecule has 0 aromatic heterocycles. The zero-order chi connectivity index (χ0) is 13.5. The highest BCUT2D eigenvalue weighted by atomic mass is 16.5. The fourth-order valence-corrected chi connectivity index (χ4v) is 2.02. The fraction of sp³-hybridized carbons (Fsp3) is 0.500. The molecule has 0 spiro atoms. The van der Waals surface area contributed by atoms with Gasteiger partial charge < -0.3 is 21.0 Å². The summed E-state index contributed by atoms with van der Waals surface area (Å²) < 4.78 is 5.60. The van der Waals surface area contributed by atoms with Crippen LogP contribution in [0.15, 0.2) is 29.4 Å². The van der Waals surface area contributed by atoms with Crippen molar-refractivity contribution < 1.29 is 9.94 Å². The number of oxime groups is 1. The highest BCUT2D eigenvalue weighted by molar-refractivity contribution is 5.97. The normalized spacial score (nSPS) is 16.1. The van der Waals surface area contributed by atoms with E-state index in [0.717, 1.165) is 24.8 Å². The van der Waals surface area contributed by atoms with E-state index < -0.39 is 0 Å². The van der Waals surface area contributed by atoms with Gasteiger partial charge in [-0.2, -0.15) is 0 Å². The average Bonchev–Trinajstić information content (AvgIpc) is 2.40. The molecule has 5 heteroatoms. The van der Waals surface area contributed by atoms with E-state index in [1.54, 1.807) is 12.1 Å². The molecule has 4 N–H and O–H groups in total. The molecular formula is C14H21N3O2. The lowest BCUT2D eigenvalue weighted by Crippen LogP contribution is -2.30. The lowest BCUT2D eigenvalue weighted by atomic mass is 9.85. The summed E-state index contributed by atoms with van der Waals surface area (Å²) in [4.78, 5) is 0. The molecule has 1 saturated carbocycles. The molecule has 0 heterocycles. The number of nitrogens with zero attached hydrogens (tertiary/aromatic N) is 1. The van der Waals surface area contributed by atoms with Crippen LogP contribution in [-0.4, -0.2) is 30.7 Å². The summed E-state index contributed by atoms with van der Waals surface area (Å²) in [5.41, 5.74) is 6.16. The molecule has 0 aliphatic heterocycles.